The normalized spacial score (nSPS) is 19.1. The van der Waals surface area contributed by atoms with Crippen LogP contribution in [0.2, 0.25) is 0 Å². The summed E-state index contributed by atoms with van der Waals surface area (Å²) in [5, 5.41) is 11.8. The summed E-state index contributed by atoms with van der Waals surface area (Å²) < 4.78 is 4.91. The molecule has 110 valence electrons. The van der Waals surface area contributed by atoms with Crippen molar-refractivity contribution >= 4 is 11.9 Å². The molecule has 4 N–H and O–H groups in total. The molecule has 0 aromatic rings. The fourth-order valence-corrected chi connectivity index (χ4v) is 2.62. The Labute approximate surface area is 113 Å². The lowest BCUT2D eigenvalue weighted by atomic mass is 9.92. The summed E-state index contributed by atoms with van der Waals surface area (Å²) in [4.78, 5) is 22.9. The van der Waals surface area contributed by atoms with E-state index in [4.69, 9.17) is 15.6 Å². The van der Waals surface area contributed by atoms with Gasteiger partial charge in [-0.25, -0.2) is 0 Å². The van der Waals surface area contributed by atoms with Gasteiger partial charge in [-0.05, 0) is 25.7 Å². The number of carboxylic acids is 1. The molecule has 1 amide bonds. The number of nitrogens with one attached hydrogen (secondary N) is 1. The van der Waals surface area contributed by atoms with E-state index in [1.54, 1.807) is 7.11 Å². The topological polar surface area (TPSA) is 102 Å². The number of hydrogen-bond donors (Lipinski definition) is 3. The van der Waals surface area contributed by atoms with Crippen molar-refractivity contribution in [3.63, 3.8) is 0 Å². The van der Waals surface area contributed by atoms with Crippen LogP contribution in [0.3, 0.4) is 0 Å². The molecule has 0 aromatic carbocycles. The van der Waals surface area contributed by atoms with E-state index in [0.29, 0.717) is 13.0 Å². The molecule has 0 saturated heterocycles. The predicted molar refractivity (Wildman–Crippen MR) is 70.7 cm³/mol. The zero-order valence-electron chi connectivity index (χ0n) is 11.5. The number of nitrogens with two attached hydrogens (primary N) is 1. The predicted octanol–water partition coefficient (Wildman–Crippen LogP) is 0.644. The van der Waals surface area contributed by atoms with Gasteiger partial charge in [0.1, 0.15) is 0 Å². The fourth-order valence-electron chi connectivity index (χ4n) is 2.62. The molecule has 0 bridgehead atoms. The van der Waals surface area contributed by atoms with E-state index < -0.39 is 17.6 Å². The van der Waals surface area contributed by atoms with Gasteiger partial charge in [0.15, 0.2) is 0 Å². The molecular weight excluding hydrogens is 248 g/mol. The first-order chi connectivity index (χ1) is 8.99. The largest absolute Gasteiger partial charge is 0.481 e. The van der Waals surface area contributed by atoms with Gasteiger partial charge >= 0.3 is 5.97 Å². The van der Waals surface area contributed by atoms with Crippen LogP contribution < -0.4 is 11.1 Å². The molecule has 0 heterocycles. The number of ether oxygens (including phenoxy) is 1. The third-order valence-corrected chi connectivity index (χ3v) is 3.64. The van der Waals surface area contributed by atoms with E-state index in [2.05, 4.69) is 5.32 Å². The summed E-state index contributed by atoms with van der Waals surface area (Å²) in [7, 11) is 1.60. The maximum Gasteiger partial charge on any atom is 0.305 e. The Hall–Kier alpha value is -1.14. The van der Waals surface area contributed by atoms with Crippen molar-refractivity contribution < 1.29 is 19.4 Å². The highest BCUT2D eigenvalue weighted by molar-refractivity contribution is 5.83. The Morgan fingerprint density at radius 2 is 2.05 bits per heavy atom. The van der Waals surface area contributed by atoms with E-state index in [-0.39, 0.29) is 12.3 Å². The van der Waals surface area contributed by atoms with Crippen LogP contribution >= 0.6 is 0 Å². The Morgan fingerprint density at radius 3 is 2.58 bits per heavy atom. The van der Waals surface area contributed by atoms with Crippen LogP contribution in [0.4, 0.5) is 0 Å². The third-order valence-electron chi connectivity index (χ3n) is 3.64. The Morgan fingerprint density at radius 1 is 1.42 bits per heavy atom. The molecule has 6 nitrogen and oxygen atoms in total. The first-order valence-corrected chi connectivity index (χ1v) is 6.77. The minimum Gasteiger partial charge on any atom is -0.481 e. The average molecular weight is 272 g/mol. The van der Waals surface area contributed by atoms with Gasteiger partial charge < -0.3 is 20.9 Å². The third kappa shape index (κ3) is 5.16. The van der Waals surface area contributed by atoms with Gasteiger partial charge in [0.05, 0.1) is 18.0 Å². The zero-order chi connectivity index (χ0) is 14.3. The number of carbonyl (C=O) groups excluding carboxylic acids is 1. The number of methoxy groups -OCH3 is 1. The van der Waals surface area contributed by atoms with E-state index in [1.807, 2.05) is 0 Å². The SMILES string of the molecule is COCCCC(N)C(=O)NC1(CC(=O)O)CCCC1. The summed E-state index contributed by atoms with van der Waals surface area (Å²) in [5.74, 6) is -1.13. The number of carbonyl (C=O) groups is 2. The molecule has 1 fully saturated rings. The van der Waals surface area contributed by atoms with Gasteiger partial charge in [0.25, 0.3) is 0 Å². The molecule has 1 atom stereocenters. The lowest BCUT2D eigenvalue weighted by Gasteiger charge is -2.30. The number of rotatable bonds is 8. The Balaban J connectivity index is 2.49. The summed E-state index contributed by atoms with van der Waals surface area (Å²) in [5.41, 5.74) is 5.22. The summed E-state index contributed by atoms with van der Waals surface area (Å²) in [6, 6.07) is -0.596. The van der Waals surface area contributed by atoms with Crippen LogP contribution in [-0.4, -0.2) is 42.3 Å². The molecule has 1 aliphatic carbocycles. The molecule has 6 heteroatoms. The summed E-state index contributed by atoms with van der Waals surface area (Å²) in [6.07, 6.45) is 4.58. The van der Waals surface area contributed by atoms with Crippen LogP contribution in [0.1, 0.15) is 44.9 Å². The van der Waals surface area contributed by atoms with E-state index in [1.165, 1.54) is 0 Å². The number of amides is 1. The van der Waals surface area contributed by atoms with Gasteiger partial charge in [0, 0.05) is 13.7 Å². The lowest BCUT2D eigenvalue weighted by Crippen LogP contribution is -2.53. The van der Waals surface area contributed by atoms with Crippen molar-refractivity contribution in [2.24, 2.45) is 5.73 Å². The van der Waals surface area contributed by atoms with Crippen LogP contribution in [0, 0.1) is 0 Å². The first kappa shape index (κ1) is 15.9. The summed E-state index contributed by atoms with van der Waals surface area (Å²) >= 11 is 0. The van der Waals surface area contributed by atoms with Crippen molar-refractivity contribution in [1.82, 2.24) is 5.32 Å². The van der Waals surface area contributed by atoms with Gasteiger partial charge in [-0.15, -0.1) is 0 Å². The Kier molecular flexibility index (Phi) is 6.24. The van der Waals surface area contributed by atoms with Gasteiger partial charge in [0.2, 0.25) is 5.91 Å². The highest BCUT2D eigenvalue weighted by Crippen LogP contribution is 2.32. The quantitative estimate of drug-likeness (QED) is 0.563. The van der Waals surface area contributed by atoms with Crippen LogP contribution in [0.25, 0.3) is 0 Å². The van der Waals surface area contributed by atoms with Crippen LogP contribution in [0.15, 0.2) is 0 Å². The first-order valence-electron chi connectivity index (χ1n) is 6.77. The van der Waals surface area contributed by atoms with Crippen LogP contribution in [0.5, 0.6) is 0 Å². The minimum absolute atomic E-state index is 0.0243. The minimum atomic E-state index is -0.879. The second-order valence-electron chi connectivity index (χ2n) is 5.29. The van der Waals surface area contributed by atoms with E-state index >= 15 is 0 Å². The molecule has 1 saturated carbocycles. The summed E-state index contributed by atoms with van der Waals surface area (Å²) in [6.45, 7) is 0.571. The molecule has 1 aliphatic rings. The van der Waals surface area contributed by atoms with Crippen molar-refractivity contribution in [2.45, 2.75) is 56.5 Å². The molecule has 1 unspecified atom stereocenters. The molecule has 0 radical (unpaired) electrons. The second kappa shape index (κ2) is 7.45. The zero-order valence-corrected chi connectivity index (χ0v) is 11.5. The monoisotopic (exact) mass is 272 g/mol. The lowest BCUT2D eigenvalue weighted by molar-refractivity contribution is -0.139. The maximum absolute atomic E-state index is 12.0. The number of hydrogen-bond acceptors (Lipinski definition) is 4. The van der Waals surface area contributed by atoms with Gasteiger partial charge in [-0.2, -0.15) is 0 Å². The van der Waals surface area contributed by atoms with Gasteiger partial charge in [-0.1, -0.05) is 12.8 Å². The van der Waals surface area contributed by atoms with E-state index in [9.17, 15) is 9.59 Å². The maximum atomic E-state index is 12.0. The van der Waals surface area contributed by atoms with Crippen LogP contribution in [-0.2, 0) is 14.3 Å². The highest BCUT2D eigenvalue weighted by Gasteiger charge is 2.38. The molecule has 0 aliphatic heterocycles. The Bertz CT molecular complexity index is 314. The number of carboxylic acid groups (broad SMARTS) is 1. The van der Waals surface area contributed by atoms with E-state index in [0.717, 1.165) is 32.1 Å². The second-order valence-corrected chi connectivity index (χ2v) is 5.29. The van der Waals surface area contributed by atoms with Crippen molar-refractivity contribution in [1.29, 1.82) is 0 Å². The average Bonchev–Trinajstić information content (AvgIpc) is 2.76. The van der Waals surface area contributed by atoms with Crippen molar-refractivity contribution in [2.75, 3.05) is 13.7 Å². The molecule has 19 heavy (non-hydrogen) atoms. The highest BCUT2D eigenvalue weighted by atomic mass is 16.5. The fraction of sp³-hybridized carbons (Fsp3) is 0.846. The smallest absolute Gasteiger partial charge is 0.305 e. The molecule has 1 rings (SSSR count). The van der Waals surface area contributed by atoms with Gasteiger partial charge in [-0.3, -0.25) is 9.59 Å². The molecular formula is C13H24N2O4. The number of aliphatic carboxylic acids is 1. The molecule has 0 spiro atoms. The standard InChI is InChI=1S/C13H24N2O4/c1-19-8-4-5-10(14)12(18)15-13(9-11(16)17)6-2-3-7-13/h10H,2-9,14H2,1H3,(H,15,18)(H,16,17). The van der Waals surface area contributed by atoms with Crippen molar-refractivity contribution in [3.05, 3.63) is 0 Å². The van der Waals surface area contributed by atoms with Crippen molar-refractivity contribution in [3.8, 4) is 0 Å². The molecule has 0 aromatic heterocycles.